The van der Waals surface area contributed by atoms with Gasteiger partial charge < -0.3 is 84.5 Å². The molecule has 0 atom stereocenters. The maximum absolute atomic E-state index is 6.25. The first-order chi connectivity index (χ1) is 42.7. The van der Waals surface area contributed by atoms with E-state index in [0.717, 1.165) is 0 Å². The van der Waals surface area contributed by atoms with Crippen LogP contribution in [0.1, 0.15) is 391 Å². The van der Waals surface area contributed by atoms with Gasteiger partial charge in [0.05, 0.1) is 78.5 Å². The van der Waals surface area contributed by atoms with E-state index in [1.165, 1.54) is 400 Å². The van der Waals surface area contributed by atoms with Crippen LogP contribution in [0.2, 0.25) is 0 Å². The van der Waals surface area contributed by atoms with E-state index in [9.17, 15) is 0 Å². The fourth-order valence-corrected chi connectivity index (χ4v) is 12.5. The summed E-state index contributed by atoms with van der Waals surface area (Å²) in [5.74, 6) is 0. The van der Waals surface area contributed by atoms with Gasteiger partial charge in [0.2, 0.25) is 0 Å². The average Bonchev–Trinajstić information content (AvgIpc) is 3.75. The Labute approximate surface area is 568 Å². The minimum Gasteiger partial charge on any atom is -0.512 e. The molecule has 0 aliphatic rings. The molecular formula is C78H156FeN9. The summed E-state index contributed by atoms with van der Waals surface area (Å²) in [4.78, 5) is 0. The second-order valence-electron chi connectivity index (χ2n) is 25.4. The summed E-state index contributed by atoms with van der Waals surface area (Å²) >= 11 is 0. The van der Waals surface area contributed by atoms with Gasteiger partial charge in [0, 0.05) is 0 Å². The summed E-state index contributed by atoms with van der Waals surface area (Å²) < 4.78 is 4.38. The molecule has 521 valence electrons. The third kappa shape index (κ3) is 85.4. The van der Waals surface area contributed by atoms with Gasteiger partial charge in [-0.2, -0.15) is 0 Å². The van der Waals surface area contributed by atoms with Gasteiger partial charge in [0.25, 0.3) is 0 Å². The topological polar surface area (TPSA) is 143 Å². The van der Waals surface area contributed by atoms with Crippen LogP contribution in [0.5, 0.6) is 0 Å². The molecule has 0 unspecified atom stereocenters. The van der Waals surface area contributed by atoms with Gasteiger partial charge in [-0.1, -0.05) is 237 Å². The molecule has 0 saturated heterocycles. The van der Waals surface area contributed by atoms with E-state index in [1.54, 1.807) is 0 Å². The number of unbranched alkanes of at least 4 members (excludes halogenated alkanes) is 36. The minimum absolute atomic E-state index is 0. The molecule has 0 aromatic rings. The quantitative estimate of drug-likeness (QED) is 0.0257. The molecule has 0 aromatic carbocycles. The molecule has 0 fully saturated rings. The van der Waals surface area contributed by atoms with Gasteiger partial charge in [-0.05, 0) is 154 Å². The SMILES string of the molecule is CCCCCC[N+](CCCCCC)(CCCCCC)CCCCCC.CCCCCC[N+](CCCCCC)(CCCCCC)CCCCCC.CCCCCC[N+](CCCCCC)(CCCCCC)CCCCCC.[C-]#N.[C-]#N.[C-]#N.[C-]#N.[C-]#N.[C-]#N.[Fe+3]. The Bertz CT molecular complexity index is 949. The van der Waals surface area contributed by atoms with Crippen LogP contribution in [0.25, 0.3) is 0 Å². The molecule has 0 amide bonds. The Balaban J connectivity index is -0.000000118. The maximum Gasteiger partial charge on any atom is 3.00 e. The van der Waals surface area contributed by atoms with Crippen molar-refractivity contribution < 1.29 is 30.5 Å². The number of hydrogen-bond acceptors (Lipinski definition) is 6. The summed E-state index contributed by atoms with van der Waals surface area (Å²) in [6, 6.07) is 0. The fourth-order valence-electron chi connectivity index (χ4n) is 12.5. The van der Waals surface area contributed by atoms with Crippen LogP contribution in [0, 0.1) is 71.0 Å². The van der Waals surface area contributed by atoms with Crippen LogP contribution in [-0.2, 0) is 17.1 Å². The van der Waals surface area contributed by atoms with Gasteiger partial charge in [0.1, 0.15) is 0 Å². The summed E-state index contributed by atoms with van der Waals surface area (Å²) in [5, 5.41) is 37.5. The van der Waals surface area contributed by atoms with Gasteiger partial charge in [-0.3, -0.25) is 0 Å². The molecule has 0 rings (SSSR count). The van der Waals surface area contributed by atoms with Crippen molar-refractivity contribution in [3.63, 3.8) is 0 Å². The van der Waals surface area contributed by atoms with Crippen LogP contribution in [0.3, 0.4) is 0 Å². The number of hydrogen-bond donors (Lipinski definition) is 0. The third-order valence-corrected chi connectivity index (χ3v) is 17.8. The van der Waals surface area contributed by atoms with Crippen molar-refractivity contribution in [2.24, 2.45) is 0 Å². The number of quaternary nitrogens is 3. The molecule has 1 radical (unpaired) electrons. The van der Waals surface area contributed by atoms with Crippen LogP contribution in [-0.4, -0.2) is 92.0 Å². The summed E-state index contributed by atoms with van der Waals surface area (Å²) in [5.41, 5.74) is 0. The summed E-state index contributed by atoms with van der Waals surface area (Å²) in [6.45, 7) is 74.1. The van der Waals surface area contributed by atoms with Crippen molar-refractivity contribution in [2.45, 2.75) is 391 Å². The van der Waals surface area contributed by atoms with Crippen LogP contribution >= 0.6 is 0 Å². The second-order valence-corrected chi connectivity index (χ2v) is 25.4. The summed E-state index contributed by atoms with van der Waals surface area (Å²) in [6.07, 6.45) is 68.5. The van der Waals surface area contributed by atoms with E-state index >= 15 is 0 Å². The first-order valence-electron chi connectivity index (χ1n) is 37.6. The van der Waals surface area contributed by atoms with Crippen molar-refractivity contribution in [3.05, 3.63) is 39.4 Å². The Morgan fingerprint density at radius 1 is 0.136 bits per heavy atom. The van der Waals surface area contributed by atoms with Gasteiger partial charge in [-0.25, -0.2) is 0 Å². The molecule has 88 heavy (non-hydrogen) atoms. The Morgan fingerprint density at radius 3 is 0.261 bits per heavy atom. The van der Waals surface area contributed by atoms with Crippen molar-refractivity contribution in [1.29, 1.82) is 31.6 Å². The van der Waals surface area contributed by atoms with Crippen molar-refractivity contribution in [3.8, 4) is 0 Å². The number of rotatable bonds is 60. The molecule has 10 heteroatoms. The molecule has 0 aromatic heterocycles. The zero-order chi connectivity index (χ0) is 67.9. The van der Waals surface area contributed by atoms with E-state index in [-0.39, 0.29) is 17.1 Å². The first-order valence-corrected chi connectivity index (χ1v) is 37.6. The fraction of sp³-hybridized carbons (Fsp3) is 0.923. The smallest absolute Gasteiger partial charge is 0.512 e. The van der Waals surface area contributed by atoms with E-state index in [1.807, 2.05) is 0 Å². The molecule has 0 N–H and O–H groups in total. The normalized spacial score (nSPS) is 10.4. The Kier molecular flexibility index (Phi) is 125. The van der Waals surface area contributed by atoms with E-state index in [4.69, 9.17) is 71.0 Å². The zero-order valence-corrected chi connectivity index (χ0v) is 62.9. The van der Waals surface area contributed by atoms with Crippen LogP contribution < -0.4 is 0 Å². The predicted molar refractivity (Wildman–Crippen MR) is 379 cm³/mol. The molecule has 0 spiro atoms. The van der Waals surface area contributed by atoms with Gasteiger partial charge >= 0.3 is 17.1 Å². The van der Waals surface area contributed by atoms with Crippen molar-refractivity contribution in [1.82, 2.24) is 0 Å². The predicted octanol–water partition coefficient (Wildman–Crippen LogP) is 24.9. The minimum atomic E-state index is 0. The van der Waals surface area contributed by atoms with E-state index < -0.39 is 0 Å². The standard InChI is InChI=1S/3C24H52N.6CN.Fe/c3*1-5-9-13-17-21-25(22-18-14-10-6-2,23-19-15-11-7-3)24-20-16-12-8-4;6*1-2;/h3*5-24H2,1-4H3;;;;;;;/q3*+1;6*-1;+3. The molecule has 9 nitrogen and oxygen atoms in total. The molecule has 0 aliphatic heterocycles. The Morgan fingerprint density at radius 2 is 0.205 bits per heavy atom. The second kappa shape index (κ2) is 103. The maximum atomic E-state index is 6.25. The van der Waals surface area contributed by atoms with Crippen molar-refractivity contribution >= 4 is 0 Å². The van der Waals surface area contributed by atoms with Crippen LogP contribution in [0.4, 0.5) is 0 Å². The van der Waals surface area contributed by atoms with Crippen LogP contribution in [0.15, 0.2) is 0 Å². The molecule has 0 bridgehead atoms. The molecule has 0 heterocycles. The number of nitrogens with zero attached hydrogens (tertiary/aromatic N) is 9. The molecule has 0 aliphatic carbocycles. The summed E-state index contributed by atoms with van der Waals surface area (Å²) in [7, 11) is 0. The van der Waals surface area contributed by atoms with Crippen molar-refractivity contribution in [2.75, 3.05) is 78.5 Å². The monoisotopic (exact) mass is 1280 g/mol. The van der Waals surface area contributed by atoms with E-state index in [0.29, 0.717) is 0 Å². The molecule has 0 saturated carbocycles. The zero-order valence-electron chi connectivity index (χ0n) is 61.8. The Hall–Kier alpha value is -2.66. The van der Waals surface area contributed by atoms with E-state index in [2.05, 4.69) is 83.1 Å². The first kappa shape index (κ1) is 107. The average molecular weight is 1280 g/mol. The van der Waals surface area contributed by atoms with Gasteiger partial charge in [-0.15, -0.1) is 0 Å². The third-order valence-electron chi connectivity index (χ3n) is 17.8. The molecular weight excluding hydrogens is 1120 g/mol. The largest absolute Gasteiger partial charge is 3.00 e. The van der Waals surface area contributed by atoms with Gasteiger partial charge in [0.15, 0.2) is 0 Å².